The normalized spacial score (nSPS) is 18.6. The molecule has 1 atom stereocenters. The molecule has 2 aliphatic heterocycles. The molecule has 2 aromatic carbocycles. The van der Waals surface area contributed by atoms with Crippen molar-refractivity contribution in [2.24, 2.45) is 10.1 Å². The SMILES string of the molecule is O=C(C[C@H]1SC(N2N=C(c3ccccc3)SCC2=O)=NC1=O)c1cccc([N+](=O)[O-])c1. The Kier molecular flexibility index (Phi) is 5.96. The molecule has 0 saturated carbocycles. The van der Waals surface area contributed by atoms with Crippen molar-refractivity contribution < 1.29 is 19.3 Å². The molecular formula is C20H14N4O5S2. The van der Waals surface area contributed by atoms with Gasteiger partial charge in [0.05, 0.1) is 10.7 Å². The van der Waals surface area contributed by atoms with Crippen LogP contribution in [0.4, 0.5) is 5.69 Å². The number of nitro benzene ring substituents is 1. The van der Waals surface area contributed by atoms with E-state index in [2.05, 4.69) is 10.1 Å². The number of aliphatic imine (C=N–C) groups is 1. The summed E-state index contributed by atoms with van der Waals surface area (Å²) in [7, 11) is 0. The minimum Gasteiger partial charge on any atom is -0.294 e. The summed E-state index contributed by atoms with van der Waals surface area (Å²) in [5.74, 6) is -1.12. The topological polar surface area (TPSA) is 122 Å². The van der Waals surface area contributed by atoms with E-state index in [4.69, 9.17) is 0 Å². The molecule has 2 heterocycles. The van der Waals surface area contributed by atoms with Crippen molar-refractivity contribution >= 4 is 57.0 Å². The van der Waals surface area contributed by atoms with Crippen LogP contribution in [0, 0.1) is 10.1 Å². The number of benzene rings is 2. The lowest BCUT2D eigenvalue weighted by atomic mass is 10.1. The summed E-state index contributed by atoms with van der Waals surface area (Å²) in [6.45, 7) is 0. The first-order valence-corrected chi connectivity index (χ1v) is 11.0. The van der Waals surface area contributed by atoms with Crippen LogP contribution in [0.5, 0.6) is 0 Å². The predicted octanol–water partition coefficient (Wildman–Crippen LogP) is 3.10. The van der Waals surface area contributed by atoms with Crippen LogP contribution >= 0.6 is 23.5 Å². The van der Waals surface area contributed by atoms with E-state index in [-0.39, 0.29) is 34.5 Å². The largest absolute Gasteiger partial charge is 0.294 e. The molecule has 2 amide bonds. The number of hydrogen-bond donors (Lipinski definition) is 0. The van der Waals surface area contributed by atoms with E-state index in [1.807, 2.05) is 30.3 Å². The molecule has 9 nitrogen and oxygen atoms in total. The van der Waals surface area contributed by atoms with Gasteiger partial charge in [-0.25, -0.2) is 0 Å². The number of hydrogen-bond acceptors (Lipinski definition) is 8. The van der Waals surface area contributed by atoms with E-state index < -0.39 is 21.9 Å². The Labute approximate surface area is 184 Å². The van der Waals surface area contributed by atoms with Crippen molar-refractivity contribution in [3.05, 3.63) is 75.8 Å². The van der Waals surface area contributed by atoms with Gasteiger partial charge in [0.25, 0.3) is 17.5 Å². The van der Waals surface area contributed by atoms with E-state index >= 15 is 0 Å². The standard InChI is InChI=1S/C20H14N4O5S2/c25-15(13-7-4-8-14(9-13)24(28)29)10-16-18(27)21-20(31-16)23-17(26)11-30-19(22-23)12-5-2-1-3-6-12/h1-9,16H,10-11H2/t16-/m1/s1. The van der Waals surface area contributed by atoms with Gasteiger partial charge in [-0.15, -0.1) is 0 Å². The molecule has 4 rings (SSSR count). The zero-order valence-electron chi connectivity index (χ0n) is 15.8. The quantitative estimate of drug-likeness (QED) is 0.386. The van der Waals surface area contributed by atoms with Crippen LogP contribution in [0.15, 0.2) is 64.7 Å². The number of nitro groups is 1. The first kappa shape index (κ1) is 20.9. The summed E-state index contributed by atoms with van der Waals surface area (Å²) in [5.41, 5.74) is 0.788. The van der Waals surface area contributed by atoms with Gasteiger partial charge in [-0.05, 0) is 0 Å². The van der Waals surface area contributed by atoms with Gasteiger partial charge in [0.15, 0.2) is 11.0 Å². The van der Waals surface area contributed by atoms with Crippen molar-refractivity contribution in [3.63, 3.8) is 0 Å². The first-order chi connectivity index (χ1) is 14.9. The highest BCUT2D eigenvalue weighted by molar-refractivity contribution is 8.16. The second kappa shape index (κ2) is 8.82. The number of carbonyl (C=O) groups is 3. The lowest BCUT2D eigenvalue weighted by Gasteiger charge is -2.22. The van der Waals surface area contributed by atoms with Crippen LogP contribution < -0.4 is 0 Å². The van der Waals surface area contributed by atoms with Crippen LogP contribution in [0.3, 0.4) is 0 Å². The van der Waals surface area contributed by atoms with Gasteiger partial charge in [-0.2, -0.15) is 15.1 Å². The zero-order valence-corrected chi connectivity index (χ0v) is 17.5. The van der Waals surface area contributed by atoms with E-state index in [1.54, 1.807) is 0 Å². The first-order valence-electron chi connectivity index (χ1n) is 9.09. The van der Waals surface area contributed by atoms with Gasteiger partial charge in [0.2, 0.25) is 0 Å². The van der Waals surface area contributed by atoms with Crippen LogP contribution in [0.1, 0.15) is 22.3 Å². The average Bonchev–Trinajstić information content (AvgIpc) is 3.14. The molecule has 0 saturated heterocycles. The summed E-state index contributed by atoms with van der Waals surface area (Å²) >= 11 is 2.29. The molecule has 0 aromatic heterocycles. The average molecular weight is 454 g/mol. The van der Waals surface area contributed by atoms with E-state index in [0.29, 0.717) is 5.04 Å². The van der Waals surface area contributed by atoms with Crippen molar-refractivity contribution in [3.8, 4) is 0 Å². The Hall–Kier alpha value is -3.31. The molecule has 2 aromatic rings. The Morgan fingerprint density at radius 1 is 1.16 bits per heavy atom. The number of rotatable bonds is 5. The molecule has 156 valence electrons. The highest BCUT2D eigenvalue weighted by Crippen LogP contribution is 2.31. The third-order valence-corrected chi connectivity index (χ3v) is 6.55. The van der Waals surface area contributed by atoms with Gasteiger partial charge in [0.1, 0.15) is 10.3 Å². The fourth-order valence-corrected chi connectivity index (χ4v) is 4.77. The minimum atomic E-state index is -0.820. The highest BCUT2D eigenvalue weighted by Gasteiger charge is 2.37. The lowest BCUT2D eigenvalue weighted by molar-refractivity contribution is -0.384. The molecule has 0 spiro atoms. The molecule has 0 radical (unpaired) electrons. The number of thioether (sulfide) groups is 2. The van der Waals surface area contributed by atoms with Gasteiger partial charge >= 0.3 is 0 Å². The number of Topliss-reactive ketones (excluding diaryl/α,β-unsaturated/α-hetero) is 1. The van der Waals surface area contributed by atoms with Crippen LogP contribution in [0.2, 0.25) is 0 Å². The van der Waals surface area contributed by atoms with Crippen LogP contribution in [0.25, 0.3) is 0 Å². The van der Waals surface area contributed by atoms with Crippen LogP contribution in [-0.2, 0) is 9.59 Å². The van der Waals surface area contributed by atoms with Gasteiger partial charge < -0.3 is 0 Å². The number of non-ortho nitro benzene ring substituents is 1. The fraction of sp³-hybridized carbons (Fsp3) is 0.150. The molecule has 0 unspecified atom stereocenters. The lowest BCUT2D eigenvalue weighted by Crippen LogP contribution is -2.35. The summed E-state index contributed by atoms with van der Waals surface area (Å²) in [4.78, 5) is 51.6. The number of carbonyl (C=O) groups excluding carboxylic acids is 3. The molecule has 0 bridgehead atoms. The molecule has 2 aliphatic rings. The van der Waals surface area contributed by atoms with Crippen molar-refractivity contribution in [2.45, 2.75) is 11.7 Å². The smallest absolute Gasteiger partial charge is 0.270 e. The number of nitrogens with zero attached hydrogens (tertiary/aromatic N) is 4. The molecule has 0 fully saturated rings. The summed E-state index contributed by atoms with van der Waals surface area (Å²) < 4.78 is 0. The maximum absolute atomic E-state index is 12.6. The Morgan fingerprint density at radius 3 is 2.68 bits per heavy atom. The maximum Gasteiger partial charge on any atom is 0.270 e. The summed E-state index contributed by atoms with van der Waals surface area (Å²) in [6.07, 6.45) is -0.191. The maximum atomic E-state index is 12.6. The second-order valence-electron chi connectivity index (χ2n) is 6.54. The molecular weight excluding hydrogens is 440 g/mol. The predicted molar refractivity (Wildman–Crippen MR) is 118 cm³/mol. The number of hydrazone groups is 1. The summed E-state index contributed by atoms with van der Waals surface area (Å²) in [5, 5.41) is 16.3. The van der Waals surface area contributed by atoms with E-state index in [1.165, 1.54) is 36.0 Å². The second-order valence-corrected chi connectivity index (χ2v) is 8.67. The number of amides is 2. The molecule has 0 N–H and O–H groups in total. The minimum absolute atomic E-state index is 0.126. The zero-order chi connectivity index (χ0) is 22.0. The Morgan fingerprint density at radius 2 is 1.94 bits per heavy atom. The number of ketones is 1. The van der Waals surface area contributed by atoms with Crippen molar-refractivity contribution in [2.75, 3.05) is 5.75 Å². The van der Waals surface area contributed by atoms with Gasteiger partial charge in [0, 0.05) is 29.7 Å². The van der Waals surface area contributed by atoms with Crippen LogP contribution in [-0.4, -0.2) is 48.7 Å². The molecule has 11 heteroatoms. The molecule has 31 heavy (non-hydrogen) atoms. The van der Waals surface area contributed by atoms with Crippen molar-refractivity contribution in [1.82, 2.24) is 5.01 Å². The summed E-state index contributed by atoms with van der Waals surface area (Å²) in [6, 6.07) is 14.7. The number of amidine groups is 1. The monoisotopic (exact) mass is 454 g/mol. The van der Waals surface area contributed by atoms with Gasteiger partial charge in [-0.1, -0.05) is 66.0 Å². The van der Waals surface area contributed by atoms with Crippen molar-refractivity contribution in [1.29, 1.82) is 0 Å². The van der Waals surface area contributed by atoms with E-state index in [0.717, 1.165) is 22.3 Å². The molecule has 0 aliphatic carbocycles. The Bertz CT molecular complexity index is 1150. The Balaban J connectivity index is 1.49. The fourth-order valence-electron chi connectivity index (χ4n) is 2.91. The van der Waals surface area contributed by atoms with E-state index in [9.17, 15) is 24.5 Å². The third kappa shape index (κ3) is 4.57. The van der Waals surface area contributed by atoms with Gasteiger partial charge in [-0.3, -0.25) is 24.5 Å². The third-order valence-electron chi connectivity index (χ3n) is 4.44. The highest BCUT2D eigenvalue weighted by atomic mass is 32.2.